The highest BCUT2D eigenvalue weighted by atomic mass is 19.3. The molecule has 0 bridgehead atoms. The third-order valence-electron chi connectivity index (χ3n) is 1.88. The summed E-state index contributed by atoms with van der Waals surface area (Å²) in [6.07, 6.45) is -1.19. The van der Waals surface area contributed by atoms with E-state index in [1.165, 1.54) is 20.2 Å². The van der Waals surface area contributed by atoms with Crippen LogP contribution in [0.15, 0.2) is 6.20 Å². The van der Waals surface area contributed by atoms with Crippen molar-refractivity contribution in [3.63, 3.8) is 0 Å². The van der Waals surface area contributed by atoms with Crippen LogP contribution in [0.25, 0.3) is 0 Å². The molecule has 0 saturated heterocycles. The SMILES string of the molecule is COc1cnc(C)c(C=O)c1C(F)F. The zero-order valence-corrected chi connectivity index (χ0v) is 7.75. The molecule has 14 heavy (non-hydrogen) atoms. The molecule has 1 rings (SSSR count). The van der Waals surface area contributed by atoms with Crippen molar-refractivity contribution in [1.82, 2.24) is 4.98 Å². The van der Waals surface area contributed by atoms with Crippen LogP contribution in [0.5, 0.6) is 5.75 Å². The highest BCUT2D eigenvalue weighted by molar-refractivity contribution is 5.80. The van der Waals surface area contributed by atoms with Gasteiger partial charge in [0.1, 0.15) is 5.75 Å². The molecule has 76 valence electrons. The molecule has 0 atom stereocenters. The van der Waals surface area contributed by atoms with Crippen LogP contribution in [0.2, 0.25) is 0 Å². The molecule has 0 aliphatic carbocycles. The molecule has 5 heteroatoms. The van der Waals surface area contributed by atoms with Crippen LogP contribution >= 0.6 is 0 Å². The summed E-state index contributed by atoms with van der Waals surface area (Å²) in [7, 11) is 1.26. The standard InChI is InChI=1S/C9H9F2NO2/c1-5-6(4-13)8(9(10)11)7(14-2)3-12-5/h3-4,9H,1-2H3. The maximum atomic E-state index is 12.6. The average Bonchev–Trinajstić information content (AvgIpc) is 2.17. The van der Waals surface area contributed by atoms with Gasteiger partial charge in [0.05, 0.1) is 18.9 Å². The van der Waals surface area contributed by atoms with E-state index < -0.39 is 12.0 Å². The third-order valence-corrected chi connectivity index (χ3v) is 1.88. The first kappa shape index (κ1) is 10.6. The van der Waals surface area contributed by atoms with Gasteiger partial charge >= 0.3 is 0 Å². The van der Waals surface area contributed by atoms with Crippen molar-refractivity contribution in [3.05, 3.63) is 23.0 Å². The number of aldehydes is 1. The highest BCUT2D eigenvalue weighted by Crippen LogP contribution is 2.31. The summed E-state index contributed by atoms with van der Waals surface area (Å²) in [4.78, 5) is 14.4. The van der Waals surface area contributed by atoms with E-state index in [1.54, 1.807) is 0 Å². The van der Waals surface area contributed by atoms with E-state index in [-0.39, 0.29) is 17.0 Å². The van der Waals surface area contributed by atoms with Crippen molar-refractivity contribution in [2.75, 3.05) is 7.11 Å². The first-order valence-electron chi connectivity index (χ1n) is 3.88. The second kappa shape index (κ2) is 4.13. The lowest BCUT2D eigenvalue weighted by Crippen LogP contribution is -2.02. The van der Waals surface area contributed by atoms with Gasteiger partial charge in [0, 0.05) is 11.3 Å². The fourth-order valence-electron chi connectivity index (χ4n) is 1.16. The molecule has 3 nitrogen and oxygen atoms in total. The zero-order chi connectivity index (χ0) is 10.7. The Balaban J connectivity index is 3.43. The Morgan fingerprint density at radius 3 is 2.64 bits per heavy atom. The largest absolute Gasteiger partial charge is 0.495 e. The second-order valence-corrected chi connectivity index (χ2v) is 2.66. The van der Waals surface area contributed by atoms with Gasteiger partial charge in [-0.3, -0.25) is 9.78 Å². The van der Waals surface area contributed by atoms with Gasteiger partial charge in [0.15, 0.2) is 6.29 Å². The van der Waals surface area contributed by atoms with E-state index in [1.807, 2.05) is 0 Å². The molecule has 0 spiro atoms. The quantitative estimate of drug-likeness (QED) is 0.703. The minimum absolute atomic E-state index is 0.0623. The van der Waals surface area contributed by atoms with Crippen LogP contribution in [-0.4, -0.2) is 18.4 Å². The predicted molar refractivity (Wildman–Crippen MR) is 45.9 cm³/mol. The number of hydrogen-bond donors (Lipinski definition) is 0. The van der Waals surface area contributed by atoms with Crippen LogP contribution < -0.4 is 4.74 Å². The normalized spacial score (nSPS) is 10.4. The summed E-state index contributed by atoms with van der Waals surface area (Å²) in [5, 5.41) is 0. The molecule has 0 radical (unpaired) electrons. The number of aryl methyl sites for hydroxylation is 1. The van der Waals surface area contributed by atoms with Crippen molar-refractivity contribution >= 4 is 6.29 Å². The van der Waals surface area contributed by atoms with Gasteiger partial charge in [0.2, 0.25) is 0 Å². The Morgan fingerprint density at radius 1 is 1.57 bits per heavy atom. The summed E-state index contributed by atoms with van der Waals surface area (Å²) in [6.45, 7) is 1.50. The summed E-state index contributed by atoms with van der Waals surface area (Å²) in [5.74, 6) is -0.0623. The minimum Gasteiger partial charge on any atom is -0.495 e. The van der Waals surface area contributed by atoms with E-state index in [4.69, 9.17) is 4.74 Å². The van der Waals surface area contributed by atoms with Gasteiger partial charge < -0.3 is 4.74 Å². The summed E-state index contributed by atoms with van der Waals surface area (Å²) in [6, 6.07) is 0. The van der Waals surface area contributed by atoms with Gasteiger partial charge in [-0.25, -0.2) is 8.78 Å². The molecule has 0 amide bonds. The maximum absolute atomic E-state index is 12.6. The van der Waals surface area contributed by atoms with Crippen LogP contribution in [0.4, 0.5) is 8.78 Å². The van der Waals surface area contributed by atoms with Crippen LogP contribution in [0.1, 0.15) is 28.0 Å². The van der Waals surface area contributed by atoms with Gasteiger partial charge in [-0.15, -0.1) is 0 Å². The maximum Gasteiger partial charge on any atom is 0.268 e. The topological polar surface area (TPSA) is 39.2 Å². The average molecular weight is 201 g/mol. The number of nitrogens with zero attached hydrogens (tertiary/aromatic N) is 1. The molecule has 0 N–H and O–H groups in total. The molecule has 0 fully saturated rings. The number of rotatable bonds is 3. The first-order valence-corrected chi connectivity index (χ1v) is 3.88. The zero-order valence-electron chi connectivity index (χ0n) is 7.75. The predicted octanol–water partition coefficient (Wildman–Crippen LogP) is 2.15. The number of carbonyl (C=O) groups excluding carboxylic acids is 1. The molecule has 0 aliphatic heterocycles. The Hall–Kier alpha value is -1.52. The fourth-order valence-corrected chi connectivity index (χ4v) is 1.16. The second-order valence-electron chi connectivity index (χ2n) is 2.66. The lowest BCUT2D eigenvalue weighted by molar-refractivity contribution is 0.110. The van der Waals surface area contributed by atoms with Gasteiger partial charge in [0.25, 0.3) is 6.43 Å². The molecular formula is C9H9F2NO2. The Kier molecular flexibility index (Phi) is 3.11. The minimum atomic E-state index is -2.74. The molecule has 1 aromatic rings. The molecule has 0 unspecified atom stereocenters. The Bertz CT molecular complexity index is 353. The summed E-state index contributed by atoms with van der Waals surface area (Å²) < 4.78 is 29.9. The molecule has 0 aliphatic rings. The third kappa shape index (κ3) is 1.71. The van der Waals surface area contributed by atoms with Crippen molar-refractivity contribution in [1.29, 1.82) is 0 Å². The monoisotopic (exact) mass is 201 g/mol. The number of alkyl halides is 2. The van der Waals surface area contributed by atoms with Crippen LogP contribution in [0.3, 0.4) is 0 Å². The molecule has 0 aromatic carbocycles. The number of hydrogen-bond acceptors (Lipinski definition) is 3. The van der Waals surface area contributed by atoms with E-state index in [0.717, 1.165) is 0 Å². The fraction of sp³-hybridized carbons (Fsp3) is 0.333. The molecule has 0 saturated carbocycles. The van der Waals surface area contributed by atoms with Gasteiger partial charge in [-0.1, -0.05) is 0 Å². The van der Waals surface area contributed by atoms with E-state index >= 15 is 0 Å². The smallest absolute Gasteiger partial charge is 0.268 e. The number of halogens is 2. The van der Waals surface area contributed by atoms with Crippen LogP contribution in [0, 0.1) is 6.92 Å². The van der Waals surface area contributed by atoms with Crippen molar-refractivity contribution in [3.8, 4) is 5.75 Å². The lowest BCUT2D eigenvalue weighted by atomic mass is 10.1. The number of pyridine rings is 1. The molecule has 1 aromatic heterocycles. The van der Waals surface area contributed by atoms with E-state index in [0.29, 0.717) is 6.29 Å². The summed E-state index contributed by atoms with van der Waals surface area (Å²) >= 11 is 0. The van der Waals surface area contributed by atoms with Crippen LogP contribution in [-0.2, 0) is 0 Å². The molecular weight excluding hydrogens is 192 g/mol. The summed E-state index contributed by atoms with van der Waals surface area (Å²) in [5.41, 5.74) is -0.217. The van der Waals surface area contributed by atoms with E-state index in [2.05, 4.69) is 4.98 Å². The number of methoxy groups -OCH3 is 1. The number of carbonyl (C=O) groups is 1. The highest BCUT2D eigenvalue weighted by Gasteiger charge is 2.20. The number of aromatic nitrogens is 1. The van der Waals surface area contributed by atoms with Crippen molar-refractivity contribution < 1.29 is 18.3 Å². The van der Waals surface area contributed by atoms with E-state index in [9.17, 15) is 13.6 Å². The Morgan fingerprint density at radius 2 is 2.21 bits per heavy atom. The van der Waals surface area contributed by atoms with Gasteiger partial charge in [-0.05, 0) is 6.92 Å². The first-order chi connectivity index (χ1) is 6.61. The van der Waals surface area contributed by atoms with Crippen molar-refractivity contribution in [2.45, 2.75) is 13.3 Å². The number of ether oxygens (including phenoxy) is 1. The molecule has 1 heterocycles. The lowest BCUT2D eigenvalue weighted by Gasteiger charge is -2.10. The van der Waals surface area contributed by atoms with Gasteiger partial charge in [-0.2, -0.15) is 0 Å². The van der Waals surface area contributed by atoms with Crippen molar-refractivity contribution in [2.24, 2.45) is 0 Å². The Labute approximate surface area is 79.7 Å².